The van der Waals surface area contributed by atoms with Crippen LogP contribution in [0.1, 0.15) is 18.4 Å². The lowest BCUT2D eigenvalue weighted by Gasteiger charge is -2.42. The Morgan fingerprint density at radius 3 is 2.13 bits per heavy atom. The number of likely N-dealkylation sites (tertiary alicyclic amines) is 1. The van der Waals surface area contributed by atoms with Crippen LogP contribution in [0, 0.1) is 0 Å². The van der Waals surface area contributed by atoms with Gasteiger partial charge in [-0.25, -0.2) is 0 Å². The fourth-order valence-corrected chi connectivity index (χ4v) is 3.93. The molecule has 2 aliphatic rings. The summed E-state index contributed by atoms with van der Waals surface area (Å²) in [5.41, 5.74) is 1.45. The van der Waals surface area contributed by atoms with Gasteiger partial charge in [-0.2, -0.15) is 0 Å². The minimum atomic E-state index is 0.291. The van der Waals surface area contributed by atoms with Gasteiger partial charge in [0.05, 0.1) is 6.61 Å². The SMILES string of the molecule is OCCN1CCN(C2CCN(CCc3ccccc3)CC2)CC1. The highest BCUT2D eigenvalue weighted by Crippen LogP contribution is 2.18. The zero-order chi connectivity index (χ0) is 15.9. The highest BCUT2D eigenvalue weighted by Gasteiger charge is 2.27. The van der Waals surface area contributed by atoms with Gasteiger partial charge in [0.2, 0.25) is 0 Å². The highest BCUT2D eigenvalue weighted by atomic mass is 16.3. The number of hydrogen-bond acceptors (Lipinski definition) is 4. The second-order valence-electron chi connectivity index (χ2n) is 6.91. The third-order valence-corrected chi connectivity index (χ3v) is 5.46. The normalized spacial score (nSPS) is 22.5. The molecule has 0 spiro atoms. The number of hydrogen-bond donors (Lipinski definition) is 1. The maximum atomic E-state index is 9.03. The Bertz CT molecular complexity index is 437. The van der Waals surface area contributed by atoms with Gasteiger partial charge in [0.15, 0.2) is 0 Å². The molecule has 1 N–H and O–H groups in total. The number of aliphatic hydroxyl groups excluding tert-OH is 1. The van der Waals surface area contributed by atoms with E-state index in [0.29, 0.717) is 6.61 Å². The van der Waals surface area contributed by atoms with E-state index in [1.54, 1.807) is 0 Å². The lowest BCUT2D eigenvalue weighted by atomic mass is 10.0. The van der Waals surface area contributed by atoms with Gasteiger partial charge >= 0.3 is 0 Å². The van der Waals surface area contributed by atoms with Crippen LogP contribution < -0.4 is 0 Å². The van der Waals surface area contributed by atoms with Gasteiger partial charge in [-0.3, -0.25) is 9.80 Å². The largest absolute Gasteiger partial charge is 0.395 e. The average molecular weight is 317 g/mol. The molecule has 1 aromatic carbocycles. The third kappa shape index (κ3) is 5.01. The van der Waals surface area contributed by atoms with Crippen molar-refractivity contribution in [2.45, 2.75) is 25.3 Å². The summed E-state index contributed by atoms with van der Waals surface area (Å²) in [5, 5.41) is 9.03. The second-order valence-corrected chi connectivity index (χ2v) is 6.91. The smallest absolute Gasteiger partial charge is 0.0558 e. The van der Waals surface area contributed by atoms with Gasteiger partial charge in [-0.15, -0.1) is 0 Å². The van der Waals surface area contributed by atoms with Gasteiger partial charge in [0.1, 0.15) is 0 Å². The summed E-state index contributed by atoms with van der Waals surface area (Å²) in [7, 11) is 0. The molecule has 4 nitrogen and oxygen atoms in total. The molecule has 0 unspecified atom stereocenters. The number of nitrogens with zero attached hydrogens (tertiary/aromatic N) is 3. The molecule has 0 aromatic heterocycles. The van der Waals surface area contributed by atoms with Crippen molar-refractivity contribution in [3.63, 3.8) is 0 Å². The van der Waals surface area contributed by atoms with Crippen molar-refractivity contribution < 1.29 is 5.11 Å². The number of piperazine rings is 1. The van der Waals surface area contributed by atoms with Crippen LogP contribution in [-0.4, -0.2) is 84.8 Å². The van der Waals surface area contributed by atoms with Crippen LogP contribution in [0.5, 0.6) is 0 Å². The summed E-state index contributed by atoms with van der Waals surface area (Å²) < 4.78 is 0. The predicted octanol–water partition coefficient (Wildman–Crippen LogP) is 1.30. The Kier molecular flexibility index (Phi) is 6.46. The first-order valence-corrected chi connectivity index (χ1v) is 9.18. The number of aliphatic hydroxyl groups is 1. The van der Waals surface area contributed by atoms with E-state index in [-0.39, 0.29) is 0 Å². The van der Waals surface area contributed by atoms with Gasteiger partial charge in [0.25, 0.3) is 0 Å². The van der Waals surface area contributed by atoms with E-state index in [0.717, 1.165) is 25.7 Å². The van der Waals surface area contributed by atoms with Crippen molar-refractivity contribution in [1.29, 1.82) is 0 Å². The monoisotopic (exact) mass is 317 g/mol. The Balaban J connectivity index is 1.36. The van der Waals surface area contributed by atoms with Crippen LogP contribution in [0.2, 0.25) is 0 Å². The van der Waals surface area contributed by atoms with E-state index in [2.05, 4.69) is 45.0 Å². The first-order chi connectivity index (χ1) is 11.3. The third-order valence-electron chi connectivity index (χ3n) is 5.46. The molecule has 2 heterocycles. The predicted molar refractivity (Wildman–Crippen MR) is 94.7 cm³/mol. The van der Waals surface area contributed by atoms with Crippen LogP contribution in [0.4, 0.5) is 0 Å². The molecule has 0 atom stereocenters. The van der Waals surface area contributed by atoms with Crippen LogP contribution in [0.3, 0.4) is 0 Å². The van der Waals surface area contributed by atoms with E-state index < -0.39 is 0 Å². The fourth-order valence-electron chi connectivity index (χ4n) is 3.93. The number of benzene rings is 1. The highest BCUT2D eigenvalue weighted by molar-refractivity contribution is 5.14. The van der Waals surface area contributed by atoms with Crippen LogP contribution >= 0.6 is 0 Å². The van der Waals surface area contributed by atoms with E-state index in [1.807, 2.05) is 0 Å². The molecule has 2 aliphatic heterocycles. The molecule has 2 fully saturated rings. The Morgan fingerprint density at radius 2 is 1.48 bits per heavy atom. The summed E-state index contributed by atoms with van der Waals surface area (Å²) in [5.74, 6) is 0. The minimum absolute atomic E-state index is 0.291. The van der Waals surface area contributed by atoms with Crippen LogP contribution in [0.15, 0.2) is 30.3 Å². The summed E-state index contributed by atoms with van der Waals surface area (Å²) in [6.07, 6.45) is 3.80. The molecule has 0 radical (unpaired) electrons. The first-order valence-electron chi connectivity index (χ1n) is 9.18. The van der Waals surface area contributed by atoms with E-state index in [1.165, 1.54) is 57.5 Å². The molecular weight excluding hydrogens is 286 g/mol. The van der Waals surface area contributed by atoms with Crippen LogP contribution in [-0.2, 0) is 6.42 Å². The van der Waals surface area contributed by atoms with Gasteiger partial charge in [0, 0.05) is 45.3 Å². The molecule has 3 rings (SSSR count). The quantitative estimate of drug-likeness (QED) is 0.857. The molecule has 128 valence electrons. The lowest BCUT2D eigenvalue weighted by Crippen LogP contribution is -2.53. The molecule has 1 aromatic rings. The van der Waals surface area contributed by atoms with E-state index >= 15 is 0 Å². The van der Waals surface area contributed by atoms with E-state index in [4.69, 9.17) is 5.11 Å². The van der Waals surface area contributed by atoms with Crippen molar-refractivity contribution in [1.82, 2.24) is 14.7 Å². The Labute approximate surface area is 140 Å². The van der Waals surface area contributed by atoms with Gasteiger partial charge in [-0.1, -0.05) is 30.3 Å². The maximum Gasteiger partial charge on any atom is 0.0558 e. The summed E-state index contributed by atoms with van der Waals surface area (Å²) in [4.78, 5) is 7.69. The van der Waals surface area contributed by atoms with Crippen molar-refractivity contribution >= 4 is 0 Å². The topological polar surface area (TPSA) is 30.0 Å². The molecule has 0 aliphatic carbocycles. The minimum Gasteiger partial charge on any atom is -0.395 e. The maximum absolute atomic E-state index is 9.03. The number of rotatable bonds is 6. The zero-order valence-electron chi connectivity index (χ0n) is 14.2. The van der Waals surface area contributed by atoms with Gasteiger partial charge < -0.3 is 10.0 Å². The lowest BCUT2D eigenvalue weighted by molar-refractivity contribution is 0.0534. The summed E-state index contributed by atoms with van der Waals surface area (Å²) in [6, 6.07) is 11.6. The Morgan fingerprint density at radius 1 is 0.826 bits per heavy atom. The van der Waals surface area contributed by atoms with Crippen LogP contribution in [0.25, 0.3) is 0 Å². The standard InChI is InChI=1S/C19H31N3O/c23-17-16-21-12-14-22(15-13-21)19-7-10-20(11-8-19)9-6-18-4-2-1-3-5-18/h1-5,19,23H,6-17H2. The molecule has 0 saturated carbocycles. The molecule has 23 heavy (non-hydrogen) atoms. The Hall–Kier alpha value is -0.940. The van der Waals surface area contributed by atoms with Crippen molar-refractivity contribution in [3.05, 3.63) is 35.9 Å². The molecule has 4 heteroatoms. The molecule has 2 saturated heterocycles. The number of β-amino-alcohol motifs (C(OH)–C–C–N with tert-alkyl or cyclic N) is 1. The van der Waals surface area contributed by atoms with Crippen molar-refractivity contribution in [3.8, 4) is 0 Å². The zero-order valence-corrected chi connectivity index (χ0v) is 14.2. The second kappa shape index (κ2) is 8.78. The average Bonchev–Trinajstić information content (AvgIpc) is 2.62. The first kappa shape index (κ1) is 16.9. The fraction of sp³-hybridized carbons (Fsp3) is 0.684. The summed E-state index contributed by atoms with van der Waals surface area (Å²) in [6.45, 7) is 9.40. The van der Waals surface area contributed by atoms with Gasteiger partial charge in [-0.05, 0) is 37.9 Å². The molecule has 0 bridgehead atoms. The molecule has 0 amide bonds. The van der Waals surface area contributed by atoms with Crippen molar-refractivity contribution in [2.24, 2.45) is 0 Å². The number of piperidine rings is 1. The molecular formula is C19H31N3O. The summed E-state index contributed by atoms with van der Waals surface area (Å²) >= 11 is 0. The van der Waals surface area contributed by atoms with Crippen molar-refractivity contribution in [2.75, 3.05) is 59.0 Å². The van der Waals surface area contributed by atoms with E-state index in [9.17, 15) is 0 Å².